The minimum atomic E-state index is 0.262. The first-order valence-corrected chi connectivity index (χ1v) is 8.79. The van der Waals surface area contributed by atoms with Crippen LogP contribution in [0.2, 0.25) is 0 Å². The van der Waals surface area contributed by atoms with Crippen LogP contribution in [0.25, 0.3) is 0 Å². The van der Waals surface area contributed by atoms with Crippen LogP contribution in [0.4, 0.5) is 0 Å². The van der Waals surface area contributed by atoms with Crippen molar-refractivity contribution in [3.63, 3.8) is 0 Å². The van der Waals surface area contributed by atoms with Crippen molar-refractivity contribution >= 4 is 5.91 Å². The maximum absolute atomic E-state index is 12.5. The summed E-state index contributed by atoms with van der Waals surface area (Å²) < 4.78 is 1.84. The smallest absolute Gasteiger partial charge is 0.222 e. The molecule has 2 aromatic rings. The summed E-state index contributed by atoms with van der Waals surface area (Å²) in [5, 5.41) is 4.16. The highest BCUT2D eigenvalue weighted by Crippen LogP contribution is 2.21. The number of carbonyl (C=O) groups excluding carboxylic acids is 1. The lowest BCUT2D eigenvalue weighted by Crippen LogP contribution is -2.40. The van der Waals surface area contributed by atoms with Gasteiger partial charge in [-0.3, -0.25) is 14.5 Å². The first-order valence-electron chi connectivity index (χ1n) is 8.79. The van der Waals surface area contributed by atoms with Gasteiger partial charge in [-0.1, -0.05) is 6.07 Å². The van der Waals surface area contributed by atoms with Crippen LogP contribution in [0, 0.1) is 12.8 Å². The van der Waals surface area contributed by atoms with Crippen molar-refractivity contribution in [1.29, 1.82) is 0 Å². The number of aryl methyl sites for hydroxylation is 3. The highest BCUT2D eigenvalue weighted by Gasteiger charge is 2.24. The number of aromatic nitrogens is 3. The molecule has 2 aromatic heterocycles. The van der Waals surface area contributed by atoms with Crippen LogP contribution in [0.5, 0.6) is 0 Å². The SMILES string of the molecule is Cc1cccc(C[C@@H]2CCCN(C(=O)CCc3ccnn3C)C2)n1. The summed E-state index contributed by atoms with van der Waals surface area (Å²) in [4.78, 5) is 19.2. The molecule has 3 rings (SSSR count). The zero-order valence-electron chi connectivity index (χ0n) is 14.6. The van der Waals surface area contributed by atoms with Gasteiger partial charge in [-0.05, 0) is 56.7 Å². The van der Waals surface area contributed by atoms with Gasteiger partial charge in [0.2, 0.25) is 5.91 Å². The molecule has 0 saturated carbocycles. The summed E-state index contributed by atoms with van der Waals surface area (Å²) in [6, 6.07) is 8.17. The number of pyridine rings is 1. The van der Waals surface area contributed by atoms with Crippen molar-refractivity contribution in [2.45, 2.75) is 39.0 Å². The summed E-state index contributed by atoms with van der Waals surface area (Å²) in [5.74, 6) is 0.784. The van der Waals surface area contributed by atoms with Crippen LogP contribution in [0.3, 0.4) is 0 Å². The van der Waals surface area contributed by atoms with Gasteiger partial charge in [-0.15, -0.1) is 0 Å². The van der Waals surface area contributed by atoms with Crippen LogP contribution in [-0.2, 0) is 24.7 Å². The molecule has 5 heteroatoms. The molecule has 1 fully saturated rings. The molecule has 3 heterocycles. The van der Waals surface area contributed by atoms with E-state index < -0.39 is 0 Å². The van der Waals surface area contributed by atoms with Gasteiger partial charge in [-0.2, -0.15) is 5.10 Å². The largest absolute Gasteiger partial charge is 0.342 e. The second-order valence-corrected chi connectivity index (χ2v) is 6.77. The zero-order chi connectivity index (χ0) is 16.9. The Hall–Kier alpha value is -2.17. The minimum absolute atomic E-state index is 0.262. The van der Waals surface area contributed by atoms with E-state index >= 15 is 0 Å². The number of amides is 1. The summed E-state index contributed by atoms with van der Waals surface area (Å²) >= 11 is 0. The average molecular weight is 326 g/mol. The Balaban J connectivity index is 1.53. The molecule has 1 aliphatic heterocycles. The molecule has 5 nitrogen and oxygen atoms in total. The van der Waals surface area contributed by atoms with Crippen molar-refractivity contribution in [1.82, 2.24) is 19.7 Å². The Labute approximate surface area is 143 Å². The van der Waals surface area contributed by atoms with Crippen LogP contribution in [0.1, 0.15) is 36.3 Å². The fourth-order valence-corrected chi connectivity index (χ4v) is 3.51. The van der Waals surface area contributed by atoms with Crippen molar-refractivity contribution < 1.29 is 4.79 Å². The number of rotatable bonds is 5. The predicted molar refractivity (Wildman–Crippen MR) is 93.5 cm³/mol. The molecule has 1 amide bonds. The first-order chi connectivity index (χ1) is 11.6. The first kappa shape index (κ1) is 16.7. The molecular formula is C19H26N4O. The Kier molecular flexibility index (Phi) is 5.28. The van der Waals surface area contributed by atoms with E-state index in [4.69, 9.17) is 0 Å². The average Bonchev–Trinajstić information content (AvgIpc) is 2.98. The standard InChI is InChI=1S/C19H26N4O/c1-15-5-3-7-17(21-15)13-16-6-4-12-23(14-16)19(24)9-8-18-10-11-20-22(18)2/h3,5,7,10-11,16H,4,6,8-9,12-14H2,1-2H3/t16-/m0/s1. The maximum Gasteiger partial charge on any atom is 0.222 e. The molecule has 1 aliphatic rings. The van der Waals surface area contributed by atoms with E-state index in [9.17, 15) is 4.79 Å². The molecule has 0 radical (unpaired) electrons. The Bertz CT molecular complexity index is 694. The van der Waals surface area contributed by atoms with Crippen LogP contribution >= 0.6 is 0 Å². The van der Waals surface area contributed by atoms with Crippen molar-refractivity contribution in [2.75, 3.05) is 13.1 Å². The predicted octanol–water partition coefficient (Wildman–Crippen LogP) is 2.54. The molecule has 0 bridgehead atoms. The quantitative estimate of drug-likeness (QED) is 0.848. The minimum Gasteiger partial charge on any atom is -0.342 e. The fraction of sp³-hybridized carbons (Fsp3) is 0.526. The monoisotopic (exact) mass is 326 g/mol. The second kappa shape index (κ2) is 7.60. The van der Waals surface area contributed by atoms with E-state index in [2.05, 4.69) is 22.2 Å². The molecule has 1 atom stereocenters. The zero-order valence-corrected chi connectivity index (χ0v) is 14.6. The Morgan fingerprint density at radius 2 is 2.21 bits per heavy atom. The normalized spacial score (nSPS) is 17.9. The van der Waals surface area contributed by atoms with E-state index in [0.717, 1.165) is 49.4 Å². The van der Waals surface area contributed by atoms with E-state index in [1.807, 2.05) is 35.7 Å². The molecule has 128 valence electrons. The topological polar surface area (TPSA) is 51.0 Å². The third-order valence-electron chi connectivity index (χ3n) is 4.83. The van der Waals surface area contributed by atoms with Gasteiger partial charge >= 0.3 is 0 Å². The molecule has 0 N–H and O–H groups in total. The highest BCUT2D eigenvalue weighted by atomic mass is 16.2. The van der Waals surface area contributed by atoms with E-state index in [1.54, 1.807) is 6.20 Å². The van der Waals surface area contributed by atoms with Crippen molar-refractivity contribution in [2.24, 2.45) is 13.0 Å². The van der Waals surface area contributed by atoms with Crippen LogP contribution in [0.15, 0.2) is 30.5 Å². The number of hydrogen-bond acceptors (Lipinski definition) is 3. The number of nitrogens with zero attached hydrogens (tertiary/aromatic N) is 4. The van der Waals surface area contributed by atoms with E-state index in [0.29, 0.717) is 12.3 Å². The van der Waals surface area contributed by atoms with Crippen LogP contribution in [-0.4, -0.2) is 38.7 Å². The number of carbonyl (C=O) groups is 1. The van der Waals surface area contributed by atoms with Gasteiger partial charge in [0.05, 0.1) is 0 Å². The van der Waals surface area contributed by atoms with Gasteiger partial charge in [0, 0.05) is 49.8 Å². The lowest BCUT2D eigenvalue weighted by atomic mass is 9.93. The third kappa shape index (κ3) is 4.22. The molecule has 0 spiro atoms. The summed E-state index contributed by atoms with van der Waals surface area (Å²) in [5.41, 5.74) is 3.32. The number of hydrogen-bond donors (Lipinski definition) is 0. The fourth-order valence-electron chi connectivity index (χ4n) is 3.51. The molecule has 0 unspecified atom stereocenters. The van der Waals surface area contributed by atoms with Crippen LogP contribution < -0.4 is 0 Å². The lowest BCUT2D eigenvalue weighted by molar-refractivity contribution is -0.133. The summed E-state index contributed by atoms with van der Waals surface area (Å²) in [7, 11) is 1.92. The number of likely N-dealkylation sites (tertiary alicyclic amines) is 1. The summed E-state index contributed by atoms with van der Waals surface area (Å²) in [6.07, 6.45) is 6.35. The maximum atomic E-state index is 12.5. The van der Waals surface area contributed by atoms with E-state index in [1.165, 1.54) is 6.42 Å². The molecule has 0 aliphatic carbocycles. The van der Waals surface area contributed by atoms with Gasteiger partial charge in [0.25, 0.3) is 0 Å². The van der Waals surface area contributed by atoms with Crippen molar-refractivity contribution in [3.8, 4) is 0 Å². The molecular weight excluding hydrogens is 300 g/mol. The highest BCUT2D eigenvalue weighted by molar-refractivity contribution is 5.76. The third-order valence-corrected chi connectivity index (χ3v) is 4.83. The molecule has 0 aromatic carbocycles. The van der Waals surface area contributed by atoms with E-state index in [-0.39, 0.29) is 5.91 Å². The molecule has 1 saturated heterocycles. The van der Waals surface area contributed by atoms with Gasteiger partial charge in [0.1, 0.15) is 0 Å². The van der Waals surface area contributed by atoms with Gasteiger partial charge in [-0.25, -0.2) is 0 Å². The Morgan fingerprint density at radius 3 is 2.96 bits per heavy atom. The van der Waals surface area contributed by atoms with Gasteiger partial charge in [0.15, 0.2) is 0 Å². The Morgan fingerprint density at radius 1 is 1.33 bits per heavy atom. The second-order valence-electron chi connectivity index (χ2n) is 6.77. The lowest BCUT2D eigenvalue weighted by Gasteiger charge is -2.33. The number of piperidine rings is 1. The van der Waals surface area contributed by atoms with Gasteiger partial charge < -0.3 is 4.90 Å². The summed E-state index contributed by atoms with van der Waals surface area (Å²) in [6.45, 7) is 3.78. The van der Waals surface area contributed by atoms with Crippen molar-refractivity contribution in [3.05, 3.63) is 47.5 Å². The molecule has 24 heavy (non-hydrogen) atoms.